The van der Waals surface area contributed by atoms with Gasteiger partial charge in [0.25, 0.3) is 0 Å². The van der Waals surface area contributed by atoms with Crippen LogP contribution in [0.1, 0.15) is 29.4 Å². The zero-order valence-electron chi connectivity index (χ0n) is 12.4. The third-order valence-corrected chi connectivity index (χ3v) is 4.53. The number of hydrogen-bond acceptors (Lipinski definition) is 1. The summed E-state index contributed by atoms with van der Waals surface area (Å²) in [6, 6.07) is 8.69. The molecule has 2 heterocycles. The van der Waals surface area contributed by atoms with Crippen LogP contribution in [0.4, 0.5) is 0 Å². The lowest BCUT2D eigenvalue weighted by Crippen LogP contribution is -2.04. The molecule has 3 aromatic rings. The van der Waals surface area contributed by atoms with Gasteiger partial charge in [0.05, 0.1) is 11.2 Å². The topological polar surface area (TPSA) is 17.3 Å². The van der Waals surface area contributed by atoms with E-state index in [0.29, 0.717) is 3.92 Å². The Labute approximate surface area is 133 Å². The summed E-state index contributed by atoms with van der Waals surface area (Å²) < 4.78 is 2.93. The van der Waals surface area contributed by atoms with Crippen LogP contribution in [-0.4, -0.2) is 13.3 Å². The van der Waals surface area contributed by atoms with Gasteiger partial charge in [0, 0.05) is 15.0 Å². The molecule has 3 rings (SSSR count). The van der Waals surface area contributed by atoms with Crippen LogP contribution in [0, 0.1) is 20.8 Å². The molecular formula is C17H19IN2. The fourth-order valence-corrected chi connectivity index (χ4v) is 3.40. The van der Waals surface area contributed by atoms with E-state index in [1.165, 1.54) is 27.7 Å². The summed E-state index contributed by atoms with van der Waals surface area (Å²) in [5.41, 5.74) is 7.53. The number of halogens is 1. The Morgan fingerprint density at radius 3 is 2.60 bits per heavy atom. The number of hydrogen-bond donors (Lipinski definition) is 0. The highest BCUT2D eigenvalue weighted by atomic mass is 127. The molecule has 0 amide bonds. The summed E-state index contributed by atoms with van der Waals surface area (Å²) in [6.07, 6.45) is 1.09. The number of aromatic nitrogens is 2. The van der Waals surface area contributed by atoms with Gasteiger partial charge in [-0.05, 0) is 44.4 Å². The summed E-state index contributed by atoms with van der Waals surface area (Å²) in [5.74, 6) is 0. The zero-order chi connectivity index (χ0) is 14.4. The molecular weight excluding hydrogens is 359 g/mol. The molecule has 104 valence electrons. The lowest BCUT2D eigenvalue weighted by molar-refractivity contribution is 0.969. The summed E-state index contributed by atoms with van der Waals surface area (Å²) in [5, 5.41) is 1.36. The molecule has 0 bridgehead atoms. The average molecular weight is 378 g/mol. The van der Waals surface area contributed by atoms with E-state index in [1.807, 2.05) is 0 Å². The predicted octanol–water partition coefficient (Wildman–Crippen LogP) is 4.78. The highest BCUT2D eigenvalue weighted by Crippen LogP contribution is 2.30. The van der Waals surface area contributed by atoms with Crippen molar-refractivity contribution in [3.05, 3.63) is 46.8 Å². The Kier molecular flexibility index (Phi) is 3.48. The van der Waals surface area contributed by atoms with Crippen LogP contribution in [0.25, 0.3) is 16.6 Å². The van der Waals surface area contributed by atoms with Gasteiger partial charge >= 0.3 is 0 Å². The van der Waals surface area contributed by atoms with Crippen LogP contribution < -0.4 is 0 Å². The molecule has 3 heteroatoms. The molecule has 1 aromatic carbocycles. The maximum absolute atomic E-state index is 4.79. The Bertz CT molecular complexity index is 800. The third kappa shape index (κ3) is 2.03. The van der Waals surface area contributed by atoms with Gasteiger partial charge in [0.2, 0.25) is 0 Å². The minimum atomic E-state index is 0.620. The highest BCUT2D eigenvalue weighted by Gasteiger charge is 2.16. The second-order valence-corrected chi connectivity index (χ2v) is 7.67. The molecule has 1 unspecified atom stereocenters. The summed E-state index contributed by atoms with van der Waals surface area (Å²) in [6.45, 7) is 8.72. The fraction of sp³-hybridized carbons (Fsp3) is 0.353. The lowest BCUT2D eigenvalue weighted by atomic mass is 9.99. The molecule has 0 radical (unpaired) electrons. The van der Waals surface area contributed by atoms with E-state index in [4.69, 9.17) is 4.98 Å². The Hall–Kier alpha value is -1.10. The standard InChI is InChI=1S/C17H19IN2/c1-10(18)9-15-11(2)17-19-12(3)13(4)20(17)16-8-6-5-7-14(15)16/h5-8,10H,9H2,1-4H3. The minimum Gasteiger partial charge on any atom is -0.296 e. The molecule has 0 spiro atoms. The van der Waals surface area contributed by atoms with Crippen molar-refractivity contribution in [3.8, 4) is 0 Å². The number of nitrogens with zero attached hydrogens (tertiary/aromatic N) is 2. The molecule has 0 N–H and O–H groups in total. The van der Waals surface area contributed by atoms with Crippen molar-refractivity contribution in [2.45, 2.75) is 38.0 Å². The summed E-state index contributed by atoms with van der Waals surface area (Å²) >= 11 is 2.50. The molecule has 0 aliphatic carbocycles. The first-order valence-electron chi connectivity index (χ1n) is 7.00. The molecule has 0 aliphatic rings. The van der Waals surface area contributed by atoms with Gasteiger partial charge < -0.3 is 0 Å². The largest absolute Gasteiger partial charge is 0.296 e. The molecule has 1 atom stereocenters. The number of rotatable bonds is 2. The van der Waals surface area contributed by atoms with Crippen LogP contribution in [0.5, 0.6) is 0 Å². The van der Waals surface area contributed by atoms with Crippen molar-refractivity contribution < 1.29 is 0 Å². The SMILES string of the molecule is Cc1nc2c(C)c(CC(C)I)c3ccccc3n2c1C. The first-order chi connectivity index (χ1) is 9.50. The van der Waals surface area contributed by atoms with E-state index >= 15 is 0 Å². The van der Waals surface area contributed by atoms with Gasteiger partial charge in [-0.25, -0.2) is 4.98 Å². The van der Waals surface area contributed by atoms with Crippen molar-refractivity contribution in [2.75, 3.05) is 0 Å². The Morgan fingerprint density at radius 2 is 1.90 bits per heavy atom. The van der Waals surface area contributed by atoms with Crippen LogP contribution in [0.3, 0.4) is 0 Å². The molecule has 0 aliphatic heterocycles. The minimum absolute atomic E-state index is 0.620. The fourth-order valence-electron chi connectivity index (χ4n) is 2.96. The number of pyridine rings is 1. The highest BCUT2D eigenvalue weighted by molar-refractivity contribution is 14.1. The van der Waals surface area contributed by atoms with Crippen LogP contribution in [0.15, 0.2) is 24.3 Å². The van der Waals surface area contributed by atoms with Gasteiger partial charge in [-0.15, -0.1) is 0 Å². The molecule has 2 nitrogen and oxygen atoms in total. The quantitative estimate of drug-likeness (QED) is 0.464. The number of alkyl halides is 1. The number of aryl methyl sites for hydroxylation is 3. The van der Waals surface area contributed by atoms with E-state index in [2.05, 4.69) is 79.0 Å². The monoisotopic (exact) mass is 378 g/mol. The van der Waals surface area contributed by atoms with Gasteiger partial charge in [-0.3, -0.25) is 4.40 Å². The van der Waals surface area contributed by atoms with Crippen molar-refractivity contribution in [2.24, 2.45) is 0 Å². The molecule has 0 fully saturated rings. The van der Waals surface area contributed by atoms with E-state index in [0.717, 1.165) is 17.8 Å². The van der Waals surface area contributed by atoms with Crippen LogP contribution in [0.2, 0.25) is 0 Å². The second-order valence-electron chi connectivity index (χ2n) is 5.55. The Balaban J connectivity index is 2.51. The molecule has 2 aromatic heterocycles. The maximum atomic E-state index is 4.79. The predicted molar refractivity (Wildman–Crippen MR) is 94.1 cm³/mol. The molecule has 0 saturated carbocycles. The van der Waals surface area contributed by atoms with Crippen LogP contribution in [-0.2, 0) is 6.42 Å². The number of imidazole rings is 1. The Morgan fingerprint density at radius 1 is 1.20 bits per heavy atom. The van der Waals surface area contributed by atoms with E-state index < -0.39 is 0 Å². The maximum Gasteiger partial charge on any atom is 0.140 e. The molecule has 20 heavy (non-hydrogen) atoms. The van der Waals surface area contributed by atoms with E-state index in [1.54, 1.807) is 0 Å². The smallest absolute Gasteiger partial charge is 0.140 e. The van der Waals surface area contributed by atoms with Crippen LogP contribution >= 0.6 is 22.6 Å². The number of benzene rings is 1. The number of fused-ring (bicyclic) bond motifs is 3. The number of para-hydroxylation sites is 1. The summed E-state index contributed by atoms with van der Waals surface area (Å²) in [4.78, 5) is 4.79. The van der Waals surface area contributed by atoms with Crippen molar-refractivity contribution in [3.63, 3.8) is 0 Å². The first kappa shape index (κ1) is 13.9. The van der Waals surface area contributed by atoms with Gasteiger partial charge in [0.1, 0.15) is 5.65 Å². The van der Waals surface area contributed by atoms with Gasteiger partial charge in [-0.2, -0.15) is 0 Å². The van der Waals surface area contributed by atoms with E-state index in [-0.39, 0.29) is 0 Å². The normalized spacial score (nSPS) is 13.2. The third-order valence-electron chi connectivity index (χ3n) is 4.09. The molecule has 0 saturated heterocycles. The van der Waals surface area contributed by atoms with Gasteiger partial charge in [0.15, 0.2) is 0 Å². The second kappa shape index (κ2) is 5.02. The van der Waals surface area contributed by atoms with Crippen molar-refractivity contribution >= 4 is 39.1 Å². The average Bonchev–Trinajstić information content (AvgIpc) is 2.71. The van der Waals surface area contributed by atoms with E-state index in [9.17, 15) is 0 Å². The van der Waals surface area contributed by atoms with Crippen molar-refractivity contribution in [1.29, 1.82) is 0 Å². The first-order valence-corrected chi connectivity index (χ1v) is 8.25. The zero-order valence-corrected chi connectivity index (χ0v) is 14.5. The summed E-state index contributed by atoms with van der Waals surface area (Å²) in [7, 11) is 0. The van der Waals surface area contributed by atoms with Gasteiger partial charge in [-0.1, -0.05) is 47.7 Å². The lowest BCUT2D eigenvalue weighted by Gasteiger charge is -2.15. The van der Waals surface area contributed by atoms with Crippen molar-refractivity contribution in [1.82, 2.24) is 9.38 Å².